The molecule has 0 bridgehead atoms. The first-order valence-electron chi connectivity index (χ1n) is 19.8. The fraction of sp³-hybridized carbons (Fsp3) is 0. The molecule has 0 aliphatic carbocycles. The lowest BCUT2D eigenvalue weighted by Crippen LogP contribution is -2.01. The summed E-state index contributed by atoms with van der Waals surface area (Å²) in [4.78, 5) is 10.1. The van der Waals surface area contributed by atoms with Crippen LogP contribution in [0.2, 0.25) is 0 Å². The molecule has 7 heteroatoms. The Morgan fingerprint density at radius 2 is 1.10 bits per heavy atom. The molecule has 0 saturated carbocycles. The molecule has 0 radical (unpaired) electrons. The molecule has 0 spiro atoms. The number of hydrogen-bond donors (Lipinski definition) is 1. The summed E-state index contributed by atoms with van der Waals surface area (Å²) in [7, 11) is 0. The molecular formula is C53H32N6O. The fourth-order valence-electron chi connectivity index (χ4n) is 9.10. The van der Waals surface area contributed by atoms with Gasteiger partial charge in [-0.1, -0.05) is 127 Å². The zero-order valence-electron chi connectivity index (χ0n) is 32.0. The summed E-state index contributed by atoms with van der Waals surface area (Å²) in [6, 6.07) is 63.9. The molecule has 280 valence electrons. The molecule has 7 nitrogen and oxygen atoms in total. The van der Waals surface area contributed by atoms with Crippen LogP contribution in [0.15, 0.2) is 186 Å². The van der Waals surface area contributed by atoms with Gasteiger partial charge in [-0.15, -0.1) is 0 Å². The number of nitrogens with two attached hydrogens (primary N) is 1. The van der Waals surface area contributed by atoms with Crippen LogP contribution < -0.4 is 5.73 Å². The normalized spacial score (nSPS) is 11.7. The van der Waals surface area contributed by atoms with Crippen molar-refractivity contribution < 1.29 is 4.42 Å². The van der Waals surface area contributed by atoms with Gasteiger partial charge in [-0.2, -0.15) is 5.26 Å². The molecule has 0 fully saturated rings. The Kier molecular flexibility index (Phi) is 7.31. The van der Waals surface area contributed by atoms with E-state index in [1.807, 2.05) is 91.0 Å². The first kappa shape index (κ1) is 33.6. The minimum absolute atomic E-state index is 0.588. The third-order valence-electron chi connectivity index (χ3n) is 11.7. The van der Waals surface area contributed by atoms with Gasteiger partial charge >= 0.3 is 0 Å². The van der Waals surface area contributed by atoms with Gasteiger partial charge in [-0.3, -0.25) is 0 Å². The average molecular weight is 769 g/mol. The van der Waals surface area contributed by atoms with E-state index >= 15 is 0 Å². The van der Waals surface area contributed by atoms with Gasteiger partial charge in [0.1, 0.15) is 11.2 Å². The van der Waals surface area contributed by atoms with E-state index in [2.05, 4.69) is 106 Å². The van der Waals surface area contributed by atoms with Crippen LogP contribution in [0.4, 0.5) is 5.69 Å². The summed E-state index contributed by atoms with van der Waals surface area (Å²) in [6.07, 6.45) is 0. The first-order chi connectivity index (χ1) is 29.6. The molecular weight excluding hydrogens is 737 g/mol. The van der Waals surface area contributed by atoms with Crippen LogP contribution in [0.5, 0.6) is 0 Å². The van der Waals surface area contributed by atoms with Crippen LogP contribution >= 0.6 is 0 Å². The number of nitrogen functional groups attached to an aromatic ring is 1. The average Bonchev–Trinajstić information content (AvgIpc) is 3.97. The van der Waals surface area contributed by atoms with E-state index in [0.717, 1.165) is 105 Å². The van der Waals surface area contributed by atoms with Crippen molar-refractivity contribution in [3.63, 3.8) is 0 Å². The molecule has 4 aromatic heterocycles. The Balaban J connectivity index is 1.18. The van der Waals surface area contributed by atoms with Crippen molar-refractivity contribution >= 4 is 71.2 Å². The number of rotatable bonds is 5. The van der Waals surface area contributed by atoms with Gasteiger partial charge in [0.25, 0.3) is 0 Å². The molecule has 4 heterocycles. The maximum atomic E-state index is 10.0. The van der Waals surface area contributed by atoms with Crippen molar-refractivity contribution in [3.05, 3.63) is 188 Å². The molecule has 0 amide bonds. The van der Waals surface area contributed by atoms with Crippen LogP contribution in [0.1, 0.15) is 5.56 Å². The first-order valence-corrected chi connectivity index (χ1v) is 19.8. The summed E-state index contributed by atoms with van der Waals surface area (Å²) in [5.41, 5.74) is 20.2. The highest BCUT2D eigenvalue weighted by Gasteiger charge is 2.28. The summed E-state index contributed by atoms with van der Waals surface area (Å²) in [6.45, 7) is 0. The Morgan fingerprint density at radius 3 is 1.83 bits per heavy atom. The third kappa shape index (κ3) is 4.95. The van der Waals surface area contributed by atoms with Crippen LogP contribution in [-0.2, 0) is 0 Å². The van der Waals surface area contributed by atoms with Gasteiger partial charge in [0.2, 0.25) is 0 Å². The highest BCUT2D eigenvalue weighted by Crippen LogP contribution is 2.50. The van der Waals surface area contributed by atoms with Crippen LogP contribution in [0, 0.1) is 11.3 Å². The van der Waals surface area contributed by atoms with Crippen LogP contribution in [0.25, 0.3) is 111 Å². The molecule has 0 aliphatic heterocycles. The molecule has 0 atom stereocenters. The number of fused-ring (bicyclic) bond motifs is 12. The summed E-state index contributed by atoms with van der Waals surface area (Å²) in [5.74, 6) is 0.644. The molecule has 0 saturated heterocycles. The minimum Gasteiger partial charge on any atom is -0.455 e. The largest absolute Gasteiger partial charge is 0.455 e. The number of benzene rings is 8. The Morgan fingerprint density at radius 1 is 0.500 bits per heavy atom. The van der Waals surface area contributed by atoms with Crippen LogP contribution in [0.3, 0.4) is 0 Å². The van der Waals surface area contributed by atoms with Crippen molar-refractivity contribution in [2.24, 2.45) is 0 Å². The lowest BCUT2D eigenvalue weighted by molar-refractivity contribution is 0.673. The fourth-order valence-corrected chi connectivity index (χ4v) is 9.10. The molecule has 12 rings (SSSR count). The van der Waals surface area contributed by atoms with Gasteiger partial charge in [-0.25, -0.2) is 9.97 Å². The zero-order valence-corrected chi connectivity index (χ0v) is 32.0. The standard InChI is InChI=1S/C53H32N6O/c54-31-32-14-13-19-36(28-32)58-43-23-10-8-21-38(43)48-50(58)47-37-20-7-11-24-44(37)59(51(47)49-39-22-9-12-25-46(39)60-52(48)49)45-27-26-35(29-40(45)55)42-30-41(33-15-3-1-4-16-33)56-53(57-42)34-17-5-2-6-18-34/h1-30H,55H2. The van der Waals surface area contributed by atoms with E-state index in [1.54, 1.807) is 0 Å². The Labute approximate surface area is 343 Å². The van der Waals surface area contributed by atoms with Gasteiger partial charge in [0, 0.05) is 43.9 Å². The topological polar surface area (TPSA) is 98.6 Å². The molecule has 8 aromatic carbocycles. The van der Waals surface area contributed by atoms with E-state index in [0.29, 0.717) is 17.1 Å². The van der Waals surface area contributed by atoms with E-state index in [9.17, 15) is 5.26 Å². The molecule has 0 aliphatic rings. The zero-order chi connectivity index (χ0) is 39.9. The lowest BCUT2D eigenvalue weighted by atomic mass is 10.0. The van der Waals surface area contributed by atoms with E-state index in [4.69, 9.17) is 20.1 Å². The van der Waals surface area contributed by atoms with Crippen molar-refractivity contribution in [2.75, 3.05) is 5.73 Å². The van der Waals surface area contributed by atoms with E-state index < -0.39 is 0 Å². The Bertz CT molecular complexity index is 3680. The number of nitrogens with zero attached hydrogens (tertiary/aromatic N) is 5. The van der Waals surface area contributed by atoms with Gasteiger partial charge in [0.05, 0.1) is 67.2 Å². The number of nitriles is 1. The van der Waals surface area contributed by atoms with Crippen molar-refractivity contribution in [3.8, 4) is 51.3 Å². The van der Waals surface area contributed by atoms with Gasteiger partial charge in [-0.05, 0) is 54.6 Å². The highest BCUT2D eigenvalue weighted by molar-refractivity contribution is 6.39. The molecule has 2 N–H and O–H groups in total. The number of anilines is 1. The number of hydrogen-bond acceptors (Lipinski definition) is 5. The highest BCUT2D eigenvalue weighted by atomic mass is 16.3. The van der Waals surface area contributed by atoms with E-state index in [1.165, 1.54) is 0 Å². The third-order valence-corrected chi connectivity index (χ3v) is 11.7. The lowest BCUT2D eigenvalue weighted by Gasteiger charge is -2.15. The monoisotopic (exact) mass is 768 g/mol. The van der Waals surface area contributed by atoms with Crippen molar-refractivity contribution in [1.82, 2.24) is 19.1 Å². The molecule has 0 unspecified atom stereocenters. The summed E-state index contributed by atoms with van der Waals surface area (Å²) < 4.78 is 11.5. The SMILES string of the molecule is N#Cc1cccc(-n2c3ccccc3c3c4oc5ccccc5c4c4c(c5ccccc5n4-c4ccc(-c5cc(-c6ccccc6)nc(-c6ccccc6)n5)cc4N)c32)c1. The number of furan rings is 1. The number of aromatic nitrogens is 4. The van der Waals surface area contributed by atoms with Crippen molar-refractivity contribution in [2.45, 2.75) is 0 Å². The second-order valence-corrected chi connectivity index (χ2v) is 15.1. The predicted octanol–water partition coefficient (Wildman–Crippen LogP) is 13.0. The Hall–Kier alpha value is -8.47. The van der Waals surface area contributed by atoms with Gasteiger partial charge < -0.3 is 19.3 Å². The van der Waals surface area contributed by atoms with Gasteiger partial charge in [0.15, 0.2) is 5.82 Å². The molecule has 12 aromatic rings. The second kappa shape index (κ2) is 13.0. The second-order valence-electron chi connectivity index (χ2n) is 15.1. The van der Waals surface area contributed by atoms with Crippen molar-refractivity contribution in [1.29, 1.82) is 5.26 Å². The predicted molar refractivity (Wildman–Crippen MR) is 243 cm³/mol. The maximum absolute atomic E-state index is 10.0. The minimum atomic E-state index is 0.588. The quantitative estimate of drug-likeness (QED) is 0.176. The number of para-hydroxylation sites is 3. The summed E-state index contributed by atoms with van der Waals surface area (Å²) >= 11 is 0. The van der Waals surface area contributed by atoms with Crippen LogP contribution in [-0.4, -0.2) is 19.1 Å². The smallest absolute Gasteiger partial charge is 0.160 e. The van der Waals surface area contributed by atoms with E-state index in [-0.39, 0.29) is 0 Å². The maximum Gasteiger partial charge on any atom is 0.160 e. The molecule has 60 heavy (non-hydrogen) atoms. The summed E-state index contributed by atoms with van der Waals surface area (Å²) in [5, 5.41) is 16.3.